The van der Waals surface area contributed by atoms with E-state index in [2.05, 4.69) is 15.3 Å². The van der Waals surface area contributed by atoms with Crippen LogP contribution in [0.2, 0.25) is 0 Å². The van der Waals surface area contributed by atoms with Crippen molar-refractivity contribution in [2.75, 3.05) is 18.5 Å². The average molecular weight is 376 g/mol. The van der Waals surface area contributed by atoms with Gasteiger partial charge in [-0.2, -0.15) is 0 Å². The van der Waals surface area contributed by atoms with Gasteiger partial charge in [-0.3, -0.25) is 4.99 Å². The first kappa shape index (κ1) is 16.2. The zero-order valence-electron chi connectivity index (χ0n) is 10.9. The SMILES string of the molecule is I.NC(=NCCC1CCCCO1)Nc1ccccn1. The lowest BCUT2D eigenvalue weighted by atomic mass is 10.1. The summed E-state index contributed by atoms with van der Waals surface area (Å²) in [7, 11) is 0. The fourth-order valence-corrected chi connectivity index (χ4v) is 1.97. The number of nitrogens with zero attached hydrogens (tertiary/aromatic N) is 2. The number of hydrogen-bond donors (Lipinski definition) is 2. The number of halogens is 1. The first-order valence-corrected chi connectivity index (χ1v) is 6.44. The van der Waals surface area contributed by atoms with Crippen LogP contribution >= 0.6 is 24.0 Å². The molecule has 6 heteroatoms. The van der Waals surface area contributed by atoms with Gasteiger partial charge in [0.15, 0.2) is 5.96 Å². The maximum atomic E-state index is 5.78. The Hall–Kier alpha value is -0.890. The van der Waals surface area contributed by atoms with Gasteiger partial charge in [-0.15, -0.1) is 24.0 Å². The van der Waals surface area contributed by atoms with Crippen LogP contribution in [0, 0.1) is 0 Å². The lowest BCUT2D eigenvalue weighted by molar-refractivity contribution is 0.0129. The molecular weight excluding hydrogens is 355 g/mol. The van der Waals surface area contributed by atoms with Gasteiger partial charge >= 0.3 is 0 Å². The van der Waals surface area contributed by atoms with Gasteiger partial charge in [0.1, 0.15) is 5.82 Å². The highest BCUT2D eigenvalue weighted by Crippen LogP contribution is 2.15. The van der Waals surface area contributed by atoms with Crippen molar-refractivity contribution in [1.29, 1.82) is 0 Å². The van der Waals surface area contributed by atoms with Gasteiger partial charge in [-0.25, -0.2) is 4.98 Å². The van der Waals surface area contributed by atoms with Gasteiger partial charge in [0.2, 0.25) is 0 Å². The van der Waals surface area contributed by atoms with Gasteiger partial charge < -0.3 is 15.8 Å². The smallest absolute Gasteiger partial charge is 0.194 e. The fourth-order valence-electron chi connectivity index (χ4n) is 1.97. The summed E-state index contributed by atoms with van der Waals surface area (Å²) < 4.78 is 5.64. The molecule has 106 valence electrons. The van der Waals surface area contributed by atoms with Gasteiger partial charge in [0, 0.05) is 19.3 Å². The molecule has 1 atom stereocenters. The van der Waals surface area contributed by atoms with Crippen LogP contribution in [0.25, 0.3) is 0 Å². The molecule has 1 aliphatic heterocycles. The van der Waals surface area contributed by atoms with Crippen molar-refractivity contribution in [2.24, 2.45) is 10.7 Å². The van der Waals surface area contributed by atoms with Crippen LogP contribution in [-0.4, -0.2) is 30.2 Å². The van der Waals surface area contributed by atoms with Gasteiger partial charge in [0.05, 0.1) is 6.10 Å². The van der Waals surface area contributed by atoms with E-state index in [9.17, 15) is 0 Å². The Balaban J connectivity index is 0.00000180. The van der Waals surface area contributed by atoms with Crippen molar-refractivity contribution in [2.45, 2.75) is 31.8 Å². The largest absolute Gasteiger partial charge is 0.378 e. The van der Waals surface area contributed by atoms with Crippen LogP contribution < -0.4 is 11.1 Å². The second kappa shape index (κ2) is 9.08. The van der Waals surface area contributed by atoms with Crippen LogP contribution in [0.4, 0.5) is 5.82 Å². The summed E-state index contributed by atoms with van der Waals surface area (Å²) in [5.74, 6) is 1.12. The molecule has 2 rings (SSSR count). The van der Waals surface area contributed by atoms with E-state index < -0.39 is 0 Å². The molecule has 1 aliphatic rings. The summed E-state index contributed by atoms with van der Waals surface area (Å²) in [6.45, 7) is 1.58. The number of rotatable bonds is 4. The highest BCUT2D eigenvalue weighted by Gasteiger charge is 2.12. The van der Waals surface area contributed by atoms with Gasteiger partial charge in [0.25, 0.3) is 0 Å². The molecule has 19 heavy (non-hydrogen) atoms. The molecule has 5 nitrogen and oxygen atoms in total. The van der Waals surface area contributed by atoms with Crippen molar-refractivity contribution in [3.63, 3.8) is 0 Å². The summed E-state index contributed by atoms with van der Waals surface area (Å²) in [6.07, 6.45) is 6.59. The lowest BCUT2D eigenvalue weighted by Crippen LogP contribution is -2.25. The molecule has 3 N–H and O–H groups in total. The number of nitrogens with one attached hydrogen (secondary N) is 1. The maximum absolute atomic E-state index is 5.78. The van der Waals surface area contributed by atoms with E-state index >= 15 is 0 Å². The molecule has 1 fully saturated rings. The number of anilines is 1. The second-order valence-electron chi connectivity index (χ2n) is 4.38. The van der Waals surface area contributed by atoms with E-state index in [4.69, 9.17) is 10.5 Å². The van der Waals surface area contributed by atoms with Gasteiger partial charge in [-0.05, 0) is 37.8 Å². The molecule has 0 bridgehead atoms. The van der Waals surface area contributed by atoms with Crippen molar-refractivity contribution in [3.05, 3.63) is 24.4 Å². The molecule has 0 aliphatic carbocycles. The summed E-state index contributed by atoms with van der Waals surface area (Å²) in [4.78, 5) is 8.40. The minimum absolute atomic E-state index is 0. The zero-order valence-corrected chi connectivity index (χ0v) is 13.2. The average Bonchev–Trinajstić information content (AvgIpc) is 2.41. The van der Waals surface area contributed by atoms with E-state index in [1.807, 2.05) is 18.2 Å². The molecule has 0 aromatic carbocycles. The van der Waals surface area contributed by atoms with E-state index in [1.54, 1.807) is 6.20 Å². The molecule has 0 spiro atoms. The first-order chi connectivity index (χ1) is 8.84. The lowest BCUT2D eigenvalue weighted by Gasteiger charge is -2.21. The van der Waals surface area contributed by atoms with Crippen LogP contribution in [0.15, 0.2) is 29.4 Å². The van der Waals surface area contributed by atoms with E-state index in [0.717, 1.165) is 19.4 Å². The van der Waals surface area contributed by atoms with E-state index in [-0.39, 0.29) is 24.0 Å². The Morgan fingerprint density at radius 1 is 1.47 bits per heavy atom. The first-order valence-electron chi connectivity index (χ1n) is 6.44. The van der Waals surface area contributed by atoms with E-state index in [1.165, 1.54) is 12.8 Å². The minimum Gasteiger partial charge on any atom is -0.378 e. The Bertz CT molecular complexity index is 379. The predicted molar refractivity (Wildman–Crippen MR) is 88.0 cm³/mol. The van der Waals surface area contributed by atoms with Crippen LogP contribution in [0.3, 0.4) is 0 Å². The van der Waals surface area contributed by atoms with Crippen molar-refractivity contribution in [3.8, 4) is 0 Å². The van der Waals surface area contributed by atoms with Crippen LogP contribution in [0.5, 0.6) is 0 Å². The second-order valence-corrected chi connectivity index (χ2v) is 4.38. The maximum Gasteiger partial charge on any atom is 0.194 e. The number of hydrogen-bond acceptors (Lipinski definition) is 3. The summed E-state index contributed by atoms with van der Waals surface area (Å²) in [5, 5.41) is 2.96. The van der Waals surface area contributed by atoms with Crippen LogP contribution in [-0.2, 0) is 4.74 Å². The Labute approximate surface area is 131 Å². The third kappa shape index (κ3) is 6.20. The quantitative estimate of drug-likeness (QED) is 0.481. The number of aromatic nitrogens is 1. The van der Waals surface area contributed by atoms with Crippen molar-refractivity contribution < 1.29 is 4.74 Å². The highest BCUT2D eigenvalue weighted by atomic mass is 127. The Morgan fingerprint density at radius 3 is 3.05 bits per heavy atom. The Kier molecular flexibility index (Phi) is 7.73. The molecule has 1 saturated heterocycles. The van der Waals surface area contributed by atoms with E-state index in [0.29, 0.717) is 24.4 Å². The number of aliphatic imine (C=N–C) groups is 1. The molecule has 1 aromatic heterocycles. The molecule has 0 radical (unpaired) electrons. The predicted octanol–water partition coefficient (Wildman–Crippen LogP) is 2.39. The number of guanidine groups is 1. The molecule has 1 unspecified atom stereocenters. The number of nitrogens with two attached hydrogens (primary N) is 1. The van der Waals surface area contributed by atoms with Crippen molar-refractivity contribution in [1.82, 2.24) is 4.98 Å². The number of ether oxygens (including phenoxy) is 1. The highest BCUT2D eigenvalue weighted by molar-refractivity contribution is 14.0. The minimum atomic E-state index is 0. The monoisotopic (exact) mass is 376 g/mol. The summed E-state index contributed by atoms with van der Waals surface area (Å²) >= 11 is 0. The third-order valence-corrected chi connectivity index (χ3v) is 2.93. The third-order valence-electron chi connectivity index (χ3n) is 2.93. The molecule has 0 amide bonds. The Morgan fingerprint density at radius 2 is 2.37 bits per heavy atom. The molecular formula is C13H21IN4O. The normalized spacial score (nSPS) is 19.6. The molecule has 2 heterocycles. The van der Waals surface area contributed by atoms with Gasteiger partial charge in [-0.1, -0.05) is 6.07 Å². The molecule has 1 aromatic rings. The summed E-state index contributed by atoms with van der Waals surface area (Å²) in [5.41, 5.74) is 5.78. The summed E-state index contributed by atoms with van der Waals surface area (Å²) in [6, 6.07) is 5.62. The molecule has 0 saturated carbocycles. The topological polar surface area (TPSA) is 72.5 Å². The fraction of sp³-hybridized carbons (Fsp3) is 0.538. The van der Waals surface area contributed by atoms with Crippen LogP contribution in [0.1, 0.15) is 25.7 Å². The standard InChI is InChI=1S/C13H20N4O.HI/c14-13(17-12-6-1-3-8-15-12)16-9-7-11-5-2-4-10-18-11;/h1,3,6,8,11H,2,4-5,7,9-10H2,(H3,14,15,16,17);1H. The van der Waals surface area contributed by atoms with Crippen molar-refractivity contribution >= 4 is 35.8 Å². The zero-order chi connectivity index (χ0) is 12.6. The number of pyridine rings is 1.